The third kappa shape index (κ3) is 6.20. The molecule has 3 N–H and O–H groups in total. The second-order valence-electron chi connectivity index (χ2n) is 5.84. The van der Waals surface area contributed by atoms with E-state index in [-0.39, 0.29) is 26.2 Å². The van der Waals surface area contributed by atoms with Crippen LogP contribution in [-0.2, 0) is 24.3 Å². The highest BCUT2D eigenvalue weighted by Crippen LogP contribution is 2.27. The summed E-state index contributed by atoms with van der Waals surface area (Å²) in [6.45, 7) is -0.00115. The first kappa shape index (κ1) is 23.9. The van der Waals surface area contributed by atoms with E-state index in [0.29, 0.717) is 0 Å². The van der Waals surface area contributed by atoms with E-state index in [1.54, 1.807) is 11.9 Å². The normalized spacial score (nSPS) is 11.4. The molecular weight excluding hydrogens is 412 g/mol. The lowest BCUT2D eigenvalue weighted by Gasteiger charge is -2.22. The van der Waals surface area contributed by atoms with Crippen LogP contribution in [0.1, 0.15) is 10.4 Å². The van der Waals surface area contributed by atoms with Crippen LogP contribution in [0.3, 0.4) is 0 Å². The van der Waals surface area contributed by atoms with Gasteiger partial charge in [0.15, 0.2) is 0 Å². The van der Waals surface area contributed by atoms with Gasteiger partial charge >= 0.3 is 11.9 Å². The van der Waals surface area contributed by atoms with Crippen LogP contribution in [0.15, 0.2) is 23.1 Å². The van der Waals surface area contributed by atoms with E-state index < -0.39 is 48.9 Å². The molecule has 14 heteroatoms. The maximum absolute atomic E-state index is 12.8. The van der Waals surface area contributed by atoms with Gasteiger partial charge in [-0.15, -0.1) is 0 Å². The number of nitrogens with zero attached hydrogens (tertiary/aromatic N) is 3. The van der Waals surface area contributed by atoms with Gasteiger partial charge in [0.25, 0.3) is 11.6 Å². The number of benzene rings is 1. The molecule has 0 aliphatic rings. The molecule has 29 heavy (non-hydrogen) atoms. The van der Waals surface area contributed by atoms with Gasteiger partial charge in [0.1, 0.15) is 17.1 Å². The van der Waals surface area contributed by atoms with Crippen LogP contribution in [0.5, 0.6) is 0 Å². The summed E-state index contributed by atoms with van der Waals surface area (Å²) >= 11 is 0. The summed E-state index contributed by atoms with van der Waals surface area (Å²) in [6.07, 6.45) is 0. The van der Waals surface area contributed by atoms with Gasteiger partial charge in [-0.05, 0) is 13.1 Å². The van der Waals surface area contributed by atoms with Crippen LogP contribution in [0.2, 0.25) is 0 Å². The second kappa shape index (κ2) is 9.90. The Balaban J connectivity index is 2.87. The summed E-state index contributed by atoms with van der Waals surface area (Å²) in [6, 6.07) is 3.16. The average Bonchev–Trinajstić information content (AvgIpc) is 2.64. The van der Waals surface area contributed by atoms with Crippen molar-refractivity contribution in [1.29, 1.82) is 0 Å². The molecule has 0 unspecified atom stereocenters. The van der Waals surface area contributed by atoms with Gasteiger partial charge in [0, 0.05) is 32.7 Å². The highest BCUT2D eigenvalue weighted by Gasteiger charge is 2.31. The Morgan fingerprint density at radius 1 is 1.21 bits per heavy atom. The van der Waals surface area contributed by atoms with Crippen LogP contribution in [0.25, 0.3) is 0 Å². The fourth-order valence-corrected chi connectivity index (χ4v) is 3.57. The third-order valence-corrected chi connectivity index (χ3v) is 5.71. The van der Waals surface area contributed by atoms with E-state index in [1.165, 1.54) is 7.05 Å². The lowest BCUT2D eigenvalue weighted by molar-refractivity contribution is -0.385. The SMILES string of the molecule is CN(CCOC(=O)C(=O)O)CCN(C)S(=O)(=O)c1cccc([N+](=O)[O-])c1C(N)=O. The van der Waals surface area contributed by atoms with Gasteiger partial charge in [-0.1, -0.05) is 6.07 Å². The van der Waals surface area contributed by atoms with Gasteiger partial charge in [0.2, 0.25) is 10.0 Å². The summed E-state index contributed by atoms with van der Waals surface area (Å²) in [5, 5.41) is 19.5. The van der Waals surface area contributed by atoms with E-state index in [1.807, 2.05) is 0 Å². The van der Waals surface area contributed by atoms with Crippen molar-refractivity contribution in [2.24, 2.45) is 5.73 Å². The number of carboxylic acid groups (broad SMARTS) is 1. The van der Waals surface area contributed by atoms with Crippen LogP contribution < -0.4 is 5.73 Å². The highest BCUT2D eigenvalue weighted by molar-refractivity contribution is 7.89. The molecule has 0 spiro atoms. The molecule has 1 aromatic rings. The van der Waals surface area contributed by atoms with Crippen LogP contribution in [0, 0.1) is 10.1 Å². The van der Waals surface area contributed by atoms with E-state index in [4.69, 9.17) is 10.8 Å². The molecule has 0 saturated carbocycles. The van der Waals surface area contributed by atoms with E-state index in [2.05, 4.69) is 4.74 Å². The molecular formula is C15H20N4O9S. The number of amides is 1. The molecule has 0 saturated heterocycles. The molecule has 1 amide bonds. The van der Waals surface area contributed by atoms with Gasteiger partial charge in [-0.3, -0.25) is 14.9 Å². The lowest BCUT2D eigenvalue weighted by Crippen LogP contribution is -2.37. The number of ether oxygens (including phenoxy) is 1. The van der Waals surface area contributed by atoms with E-state index in [9.17, 15) is 32.9 Å². The molecule has 0 bridgehead atoms. The topological polar surface area (TPSA) is 190 Å². The number of nitro benzene ring substituents is 1. The first-order valence-electron chi connectivity index (χ1n) is 8.01. The van der Waals surface area contributed by atoms with Crippen LogP contribution in [0.4, 0.5) is 5.69 Å². The molecule has 0 aliphatic heterocycles. The zero-order chi connectivity index (χ0) is 22.4. The molecule has 0 aliphatic carbocycles. The molecule has 0 fully saturated rings. The second-order valence-corrected chi connectivity index (χ2v) is 7.86. The van der Waals surface area contributed by atoms with Crippen molar-refractivity contribution < 1.29 is 37.6 Å². The number of carbonyl (C=O) groups is 3. The smallest absolute Gasteiger partial charge is 0.417 e. The Hall–Kier alpha value is -3.10. The molecule has 160 valence electrons. The predicted octanol–water partition coefficient (Wildman–Crippen LogP) is -1.13. The highest BCUT2D eigenvalue weighted by atomic mass is 32.2. The molecule has 1 rings (SSSR count). The number of primary amides is 1. The van der Waals surface area contributed by atoms with Crippen molar-refractivity contribution in [3.8, 4) is 0 Å². The number of hydrogen-bond acceptors (Lipinski definition) is 9. The molecule has 13 nitrogen and oxygen atoms in total. The maximum atomic E-state index is 12.8. The Morgan fingerprint density at radius 3 is 2.34 bits per heavy atom. The first-order chi connectivity index (χ1) is 13.4. The summed E-state index contributed by atoms with van der Waals surface area (Å²) in [4.78, 5) is 44.0. The van der Waals surface area contributed by atoms with E-state index >= 15 is 0 Å². The van der Waals surface area contributed by atoms with Crippen molar-refractivity contribution in [1.82, 2.24) is 9.21 Å². The average molecular weight is 432 g/mol. The Labute approximate surface area is 165 Å². The zero-order valence-electron chi connectivity index (χ0n) is 15.6. The van der Waals surface area contributed by atoms with Gasteiger partial charge in [0.05, 0.1) is 4.92 Å². The number of nitrogens with two attached hydrogens (primary N) is 1. The van der Waals surface area contributed by atoms with Crippen molar-refractivity contribution in [3.05, 3.63) is 33.9 Å². The van der Waals surface area contributed by atoms with Crippen LogP contribution in [-0.4, -0.2) is 85.8 Å². The molecule has 0 atom stereocenters. The zero-order valence-corrected chi connectivity index (χ0v) is 16.4. The summed E-state index contributed by atoms with van der Waals surface area (Å²) in [5.74, 6) is -4.37. The predicted molar refractivity (Wildman–Crippen MR) is 97.5 cm³/mol. The minimum absolute atomic E-state index is 0.0768. The largest absolute Gasteiger partial charge is 0.473 e. The number of carbonyl (C=O) groups excluding carboxylic acids is 2. The number of likely N-dealkylation sites (N-methyl/N-ethyl adjacent to an activating group) is 2. The van der Waals surface area contributed by atoms with Gasteiger partial charge in [-0.25, -0.2) is 18.0 Å². The summed E-state index contributed by atoms with van der Waals surface area (Å²) in [7, 11) is -1.47. The Kier molecular flexibility index (Phi) is 8.17. The number of rotatable bonds is 10. The number of hydrogen-bond donors (Lipinski definition) is 2. The minimum Gasteiger partial charge on any atom is -0.473 e. The Bertz CT molecular complexity index is 916. The molecule has 0 aromatic heterocycles. The van der Waals surface area contributed by atoms with Crippen molar-refractivity contribution >= 4 is 33.6 Å². The molecule has 1 aromatic carbocycles. The number of aliphatic carboxylic acids is 1. The van der Waals surface area contributed by atoms with Crippen molar-refractivity contribution in [2.75, 3.05) is 40.3 Å². The number of sulfonamides is 1. The van der Waals surface area contributed by atoms with Gasteiger partial charge < -0.3 is 20.5 Å². The number of esters is 1. The lowest BCUT2D eigenvalue weighted by atomic mass is 10.2. The molecule has 0 heterocycles. The summed E-state index contributed by atoms with van der Waals surface area (Å²) < 4.78 is 30.9. The third-order valence-electron chi connectivity index (χ3n) is 3.81. The number of nitro groups is 1. The fourth-order valence-electron chi connectivity index (χ4n) is 2.20. The summed E-state index contributed by atoms with van der Waals surface area (Å²) in [5.41, 5.74) is 3.73. The Morgan fingerprint density at radius 2 is 1.83 bits per heavy atom. The standard InChI is InChI=1S/C15H20N4O9S/c1-17(8-9-28-15(23)14(21)22)6-7-18(2)29(26,27)11-5-3-4-10(19(24)25)12(11)13(16)20/h3-5H,6-9H2,1-2H3,(H2,16,20)(H,21,22). The first-order valence-corrected chi connectivity index (χ1v) is 9.45. The van der Waals surface area contributed by atoms with E-state index in [0.717, 1.165) is 22.5 Å². The number of carboxylic acids is 1. The molecule has 0 radical (unpaired) electrons. The monoisotopic (exact) mass is 432 g/mol. The fraction of sp³-hybridized carbons (Fsp3) is 0.400. The van der Waals surface area contributed by atoms with Crippen LogP contribution >= 0.6 is 0 Å². The van der Waals surface area contributed by atoms with Gasteiger partial charge in [-0.2, -0.15) is 4.31 Å². The van der Waals surface area contributed by atoms with Crippen molar-refractivity contribution in [2.45, 2.75) is 4.90 Å². The minimum atomic E-state index is -4.27. The van der Waals surface area contributed by atoms with Crippen molar-refractivity contribution in [3.63, 3.8) is 0 Å². The quantitative estimate of drug-likeness (QED) is 0.198. The maximum Gasteiger partial charge on any atom is 0.417 e.